The van der Waals surface area contributed by atoms with Gasteiger partial charge >= 0.3 is 0 Å². The SMILES string of the molecule is CCOCCCn1ccnc1C#N. The van der Waals surface area contributed by atoms with Crippen LogP contribution in [-0.4, -0.2) is 22.8 Å². The van der Waals surface area contributed by atoms with Gasteiger partial charge in [-0.1, -0.05) is 0 Å². The zero-order valence-electron chi connectivity index (χ0n) is 7.73. The number of aryl methyl sites for hydroxylation is 1. The number of aromatic nitrogens is 2. The van der Waals surface area contributed by atoms with E-state index in [1.54, 1.807) is 6.20 Å². The van der Waals surface area contributed by atoms with E-state index in [0.717, 1.165) is 26.2 Å². The molecule has 0 unspecified atom stereocenters. The van der Waals surface area contributed by atoms with E-state index in [2.05, 4.69) is 4.98 Å². The molecule has 0 fully saturated rings. The van der Waals surface area contributed by atoms with Crippen LogP contribution in [0.5, 0.6) is 0 Å². The lowest BCUT2D eigenvalue weighted by Crippen LogP contribution is -2.03. The summed E-state index contributed by atoms with van der Waals surface area (Å²) < 4.78 is 7.02. The number of imidazole rings is 1. The highest BCUT2D eigenvalue weighted by Crippen LogP contribution is 1.97. The van der Waals surface area contributed by atoms with Crippen molar-refractivity contribution in [3.05, 3.63) is 18.2 Å². The van der Waals surface area contributed by atoms with Crippen molar-refractivity contribution in [2.24, 2.45) is 0 Å². The minimum atomic E-state index is 0.469. The van der Waals surface area contributed by atoms with Crippen LogP contribution in [0.25, 0.3) is 0 Å². The molecule has 4 heteroatoms. The highest BCUT2D eigenvalue weighted by Gasteiger charge is 1.99. The monoisotopic (exact) mass is 179 g/mol. The van der Waals surface area contributed by atoms with Crippen molar-refractivity contribution in [2.75, 3.05) is 13.2 Å². The van der Waals surface area contributed by atoms with Gasteiger partial charge in [0.15, 0.2) is 0 Å². The number of nitrogens with zero attached hydrogens (tertiary/aromatic N) is 3. The molecule has 13 heavy (non-hydrogen) atoms. The third-order valence-corrected chi connectivity index (χ3v) is 1.71. The van der Waals surface area contributed by atoms with Crippen molar-refractivity contribution in [1.29, 1.82) is 5.26 Å². The Morgan fingerprint density at radius 1 is 1.69 bits per heavy atom. The first-order valence-corrected chi connectivity index (χ1v) is 4.37. The molecule has 0 aliphatic heterocycles. The van der Waals surface area contributed by atoms with Crippen molar-refractivity contribution < 1.29 is 4.74 Å². The molecule has 4 nitrogen and oxygen atoms in total. The Balaban J connectivity index is 2.33. The molecule has 1 aromatic rings. The molecule has 0 atom stereocenters. The molecule has 0 saturated heterocycles. The molecule has 0 radical (unpaired) electrons. The predicted molar refractivity (Wildman–Crippen MR) is 48.1 cm³/mol. The second-order valence-corrected chi connectivity index (χ2v) is 2.61. The van der Waals surface area contributed by atoms with Crippen LogP contribution in [0, 0.1) is 11.3 Å². The van der Waals surface area contributed by atoms with E-state index in [1.165, 1.54) is 0 Å². The van der Waals surface area contributed by atoms with Crippen LogP contribution in [-0.2, 0) is 11.3 Å². The first-order chi connectivity index (χ1) is 6.38. The van der Waals surface area contributed by atoms with Gasteiger partial charge in [0.2, 0.25) is 5.82 Å². The first-order valence-electron chi connectivity index (χ1n) is 4.37. The largest absolute Gasteiger partial charge is 0.382 e. The molecular formula is C9H13N3O. The molecule has 0 N–H and O–H groups in total. The molecular weight excluding hydrogens is 166 g/mol. The Hall–Kier alpha value is -1.34. The Kier molecular flexibility index (Phi) is 4.00. The molecule has 1 heterocycles. The van der Waals surface area contributed by atoms with Gasteiger partial charge in [-0.25, -0.2) is 4.98 Å². The van der Waals surface area contributed by atoms with E-state index in [9.17, 15) is 0 Å². The maximum Gasteiger partial charge on any atom is 0.212 e. The number of rotatable bonds is 5. The molecule has 1 aromatic heterocycles. The van der Waals surface area contributed by atoms with Gasteiger partial charge in [-0.15, -0.1) is 0 Å². The van der Waals surface area contributed by atoms with E-state index >= 15 is 0 Å². The van der Waals surface area contributed by atoms with E-state index in [0.29, 0.717) is 5.82 Å². The molecule has 70 valence electrons. The fourth-order valence-electron chi connectivity index (χ4n) is 1.08. The van der Waals surface area contributed by atoms with Gasteiger partial charge in [-0.05, 0) is 13.3 Å². The average Bonchev–Trinajstić information content (AvgIpc) is 2.60. The van der Waals surface area contributed by atoms with E-state index in [-0.39, 0.29) is 0 Å². The summed E-state index contributed by atoms with van der Waals surface area (Å²) >= 11 is 0. The number of hydrogen-bond acceptors (Lipinski definition) is 3. The summed E-state index contributed by atoms with van der Waals surface area (Å²) in [6.45, 7) is 4.25. The number of nitriles is 1. The van der Waals surface area contributed by atoms with Gasteiger partial charge in [0, 0.05) is 32.2 Å². The molecule has 0 bridgehead atoms. The standard InChI is InChI=1S/C9H13N3O/c1-2-13-7-3-5-12-6-4-11-9(12)8-10/h4,6H,2-3,5,7H2,1H3. The Morgan fingerprint density at radius 3 is 3.23 bits per heavy atom. The topological polar surface area (TPSA) is 50.8 Å². The maximum absolute atomic E-state index is 8.65. The first kappa shape index (κ1) is 9.75. The molecule has 0 saturated carbocycles. The zero-order chi connectivity index (χ0) is 9.52. The summed E-state index contributed by atoms with van der Waals surface area (Å²) in [5.74, 6) is 0.469. The van der Waals surface area contributed by atoms with E-state index < -0.39 is 0 Å². The molecule has 0 spiro atoms. The van der Waals surface area contributed by atoms with Crippen LogP contribution in [0.3, 0.4) is 0 Å². The van der Waals surface area contributed by atoms with Crippen molar-refractivity contribution in [3.8, 4) is 6.07 Å². The van der Waals surface area contributed by atoms with Gasteiger partial charge in [-0.3, -0.25) is 0 Å². The lowest BCUT2D eigenvalue weighted by atomic mass is 10.4. The van der Waals surface area contributed by atoms with Crippen molar-refractivity contribution >= 4 is 0 Å². The quantitative estimate of drug-likeness (QED) is 0.638. The fraction of sp³-hybridized carbons (Fsp3) is 0.556. The van der Waals surface area contributed by atoms with Gasteiger partial charge in [0.05, 0.1) is 0 Å². The van der Waals surface area contributed by atoms with Crippen LogP contribution in [0.2, 0.25) is 0 Å². The smallest absolute Gasteiger partial charge is 0.212 e. The van der Waals surface area contributed by atoms with Crippen LogP contribution >= 0.6 is 0 Å². The highest BCUT2D eigenvalue weighted by atomic mass is 16.5. The summed E-state index contributed by atoms with van der Waals surface area (Å²) in [7, 11) is 0. The third kappa shape index (κ3) is 2.88. The maximum atomic E-state index is 8.65. The highest BCUT2D eigenvalue weighted by molar-refractivity contribution is 5.10. The normalized spacial score (nSPS) is 9.85. The number of ether oxygens (including phenoxy) is 1. The molecule has 0 aliphatic carbocycles. The summed E-state index contributed by atoms with van der Waals surface area (Å²) in [6.07, 6.45) is 4.36. The summed E-state index contributed by atoms with van der Waals surface area (Å²) in [4.78, 5) is 3.89. The fourth-order valence-corrected chi connectivity index (χ4v) is 1.08. The molecule has 0 aliphatic rings. The molecule has 1 rings (SSSR count). The Labute approximate surface area is 77.8 Å². The van der Waals surface area contributed by atoms with Crippen molar-refractivity contribution in [2.45, 2.75) is 19.9 Å². The second kappa shape index (κ2) is 5.33. The van der Waals surface area contributed by atoms with Crippen molar-refractivity contribution in [3.63, 3.8) is 0 Å². The third-order valence-electron chi connectivity index (χ3n) is 1.71. The van der Waals surface area contributed by atoms with Gasteiger partial charge in [0.25, 0.3) is 0 Å². The Morgan fingerprint density at radius 2 is 2.54 bits per heavy atom. The summed E-state index contributed by atoms with van der Waals surface area (Å²) in [5.41, 5.74) is 0. The minimum absolute atomic E-state index is 0.469. The summed E-state index contributed by atoms with van der Waals surface area (Å²) in [5, 5.41) is 8.65. The van der Waals surface area contributed by atoms with Crippen LogP contribution in [0.4, 0.5) is 0 Å². The lowest BCUT2D eigenvalue weighted by Gasteiger charge is -2.03. The predicted octanol–water partition coefficient (Wildman–Crippen LogP) is 1.18. The number of hydrogen-bond donors (Lipinski definition) is 0. The minimum Gasteiger partial charge on any atom is -0.382 e. The lowest BCUT2D eigenvalue weighted by molar-refractivity contribution is 0.141. The van der Waals surface area contributed by atoms with Crippen LogP contribution in [0.1, 0.15) is 19.2 Å². The van der Waals surface area contributed by atoms with Crippen LogP contribution < -0.4 is 0 Å². The van der Waals surface area contributed by atoms with Gasteiger partial charge in [0.1, 0.15) is 6.07 Å². The Bertz CT molecular complexity index is 287. The average molecular weight is 179 g/mol. The zero-order valence-corrected chi connectivity index (χ0v) is 7.73. The van der Waals surface area contributed by atoms with Crippen molar-refractivity contribution in [1.82, 2.24) is 9.55 Å². The van der Waals surface area contributed by atoms with Crippen LogP contribution in [0.15, 0.2) is 12.4 Å². The van der Waals surface area contributed by atoms with Gasteiger partial charge in [-0.2, -0.15) is 5.26 Å². The molecule has 0 aromatic carbocycles. The molecule has 0 amide bonds. The summed E-state index contributed by atoms with van der Waals surface area (Å²) in [6, 6.07) is 2.03. The van der Waals surface area contributed by atoms with E-state index in [4.69, 9.17) is 10.00 Å². The second-order valence-electron chi connectivity index (χ2n) is 2.61. The van der Waals surface area contributed by atoms with E-state index in [1.807, 2.05) is 23.8 Å². The van der Waals surface area contributed by atoms with Gasteiger partial charge < -0.3 is 9.30 Å².